The van der Waals surface area contributed by atoms with Crippen LogP contribution in [0, 0.1) is 6.92 Å². The molecule has 0 N–H and O–H groups in total. The zero-order valence-corrected chi connectivity index (χ0v) is 24.0. The van der Waals surface area contributed by atoms with Gasteiger partial charge in [0, 0.05) is 0 Å². The predicted octanol–water partition coefficient (Wildman–Crippen LogP) is 4.30. The minimum atomic E-state index is -0.738. The van der Waals surface area contributed by atoms with Gasteiger partial charge in [0.15, 0.2) is 16.3 Å². The maximum absolute atomic E-state index is 13.9. The van der Waals surface area contributed by atoms with Gasteiger partial charge in [-0.1, -0.05) is 36.8 Å². The van der Waals surface area contributed by atoms with Crippen molar-refractivity contribution in [2.24, 2.45) is 4.99 Å². The molecule has 0 spiro atoms. The number of unbranched alkanes of at least 4 members (excludes halogenated alkanes) is 1. The van der Waals surface area contributed by atoms with Gasteiger partial charge >= 0.3 is 5.97 Å². The molecule has 0 saturated heterocycles. The number of nitrogens with zero attached hydrogens (tertiary/aromatic N) is 2. The second kappa shape index (κ2) is 12.3. The standard InChI is InChI=1S/C30H34N2O6S/c1-7-9-14-38-23-13-11-21(16-24(23)36-6)27-26(29(34)37-8-2)19(4)31-30-32(27)28(33)25(39-30)17-20-10-12-22(35-5)15-18(20)3/h10-13,15-17,27H,7-9,14H2,1-6H3/b25-17+/t27-/m0/s1. The summed E-state index contributed by atoms with van der Waals surface area (Å²) < 4.78 is 24.3. The predicted molar refractivity (Wildman–Crippen MR) is 152 cm³/mol. The van der Waals surface area contributed by atoms with E-state index in [1.54, 1.807) is 32.6 Å². The summed E-state index contributed by atoms with van der Waals surface area (Å²) in [5.41, 5.74) is 3.15. The summed E-state index contributed by atoms with van der Waals surface area (Å²) in [7, 11) is 3.19. The van der Waals surface area contributed by atoms with Crippen molar-refractivity contribution in [3.05, 3.63) is 84.0 Å². The Morgan fingerprint density at radius 3 is 2.54 bits per heavy atom. The lowest BCUT2D eigenvalue weighted by Gasteiger charge is -2.25. The van der Waals surface area contributed by atoms with Gasteiger partial charge in [0.2, 0.25) is 0 Å². The van der Waals surface area contributed by atoms with Crippen LogP contribution >= 0.6 is 11.3 Å². The maximum Gasteiger partial charge on any atom is 0.338 e. The molecule has 0 radical (unpaired) electrons. The molecule has 1 aliphatic rings. The van der Waals surface area contributed by atoms with Crippen molar-refractivity contribution in [2.75, 3.05) is 27.4 Å². The zero-order valence-electron chi connectivity index (χ0n) is 23.2. The van der Waals surface area contributed by atoms with Crippen LogP contribution < -0.4 is 29.1 Å². The van der Waals surface area contributed by atoms with E-state index < -0.39 is 12.0 Å². The molecule has 9 heteroatoms. The number of esters is 1. The van der Waals surface area contributed by atoms with E-state index in [1.807, 2.05) is 49.4 Å². The maximum atomic E-state index is 13.9. The average Bonchev–Trinajstić information content (AvgIpc) is 3.23. The number of fused-ring (bicyclic) bond motifs is 1. The van der Waals surface area contributed by atoms with E-state index in [-0.39, 0.29) is 12.2 Å². The number of hydrogen-bond acceptors (Lipinski definition) is 8. The Hall–Kier alpha value is -3.85. The Bertz CT molecular complexity index is 1580. The molecule has 0 saturated carbocycles. The third-order valence-electron chi connectivity index (χ3n) is 6.54. The van der Waals surface area contributed by atoms with Crippen LogP contribution in [-0.4, -0.2) is 38.0 Å². The van der Waals surface area contributed by atoms with Crippen molar-refractivity contribution in [1.82, 2.24) is 4.57 Å². The van der Waals surface area contributed by atoms with Crippen molar-refractivity contribution < 1.29 is 23.7 Å². The second-order valence-electron chi connectivity index (χ2n) is 9.14. The summed E-state index contributed by atoms with van der Waals surface area (Å²) in [6.07, 6.45) is 3.78. The number of carbonyl (C=O) groups excluding carboxylic acids is 1. The number of aryl methyl sites for hydroxylation is 1. The molecule has 39 heavy (non-hydrogen) atoms. The molecule has 0 bridgehead atoms. The lowest BCUT2D eigenvalue weighted by molar-refractivity contribution is -0.139. The van der Waals surface area contributed by atoms with Gasteiger partial charge in [-0.3, -0.25) is 9.36 Å². The molecule has 2 aromatic carbocycles. The molecule has 0 aliphatic carbocycles. The number of ether oxygens (including phenoxy) is 4. The summed E-state index contributed by atoms with van der Waals surface area (Å²) >= 11 is 1.29. The summed E-state index contributed by atoms with van der Waals surface area (Å²) in [5, 5.41) is 0. The molecule has 8 nitrogen and oxygen atoms in total. The van der Waals surface area contributed by atoms with Crippen molar-refractivity contribution in [3.8, 4) is 17.2 Å². The fraction of sp³-hybridized carbons (Fsp3) is 0.367. The quantitative estimate of drug-likeness (QED) is 0.276. The highest BCUT2D eigenvalue weighted by atomic mass is 32.1. The normalized spacial score (nSPS) is 15.0. The number of allylic oxidation sites excluding steroid dienone is 1. The first-order valence-corrected chi connectivity index (χ1v) is 13.8. The van der Waals surface area contributed by atoms with E-state index in [0.717, 1.165) is 29.7 Å². The summed E-state index contributed by atoms with van der Waals surface area (Å²) in [5.74, 6) is 1.37. The van der Waals surface area contributed by atoms with Crippen molar-refractivity contribution in [3.63, 3.8) is 0 Å². The monoisotopic (exact) mass is 550 g/mol. The summed E-state index contributed by atoms with van der Waals surface area (Å²) in [4.78, 5) is 32.2. The number of aromatic nitrogens is 1. The summed E-state index contributed by atoms with van der Waals surface area (Å²) in [6.45, 7) is 8.36. The number of benzene rings is 2. The van der Waals surface area contributed by atoms with Crippen LogP contribution in [0.15, 0.2) is 57.5 Å². The minimum Gasteiger partial charge on any atom is -0.497 e. The van der Waals surface area contributed by atoms with Gasteiger partial charge in [-0.05, 0) is 74.2 Å². The minimum absolute atomic E-state index is 0.205. The molecule has 1 aromatic heterocycles. The Balaban J connectivity index is 1.89. The van der Waals surface area contributed by atoms with E-state index in [0.29, 0.717) is 44.3 Å². The van der Waals surface area contributed by atoms with Crippen molar-refractivity contribution in [1.29, 1.82) is 0 Å². The molecule has 1 aliphatic heterocycles. The Morgan fingerprint density at radius 1 is 1.08 bits per heavy atom. The highest BCUT2D eigenvalue weighted by molar-refractivity contribution is 7.07. The molecule has 0 unspecified atom stereocenters. The summed E-state index contributed by atoms with van der Waals surface area (Å²) in [6, 6.07) is 10.5. The number of thiazole rings is 1. The molecule has 2 heterocycles. The molecule has 4 rings (SSSR count). The lowest BCUT2D eigenvalue weighted by atomic mass is 9.95. The van der Waals surface area contributed by atoms with E-state index in [1.165, 1.54) is 11.3 Å². The van der Waals surface area contributed by atoms with Gasteiger partial charge < -0.3 is 18.9 Å². The SMILES string of the molecule is CCCCOc1ccc([C@H]2C(C(=O)OCC)=C(C)N=c3s/c(=C/c4ccc(OC)cc4C)c(=O)n32)cc1OC. The Labute approximate surface area is 231 Å². The molecule has 1 atom stereocenters. The average molecular weight is 551 g/mol. The van der Waals surface area contributed by atoms with Gasteiger partial charge in [0.1, 0.15) is 5.75 Å². The van der Waals surface area contributed by atoms with Crippen molar-refractivity contribution >= 4 is 23.4 Å². The number of hydrogen-bond donors (Lipinski definition) is 0. The van der Waals surface area contributed by atoms with E-state index in [9.17, 15) is 9.59 Å². The van der Waals surface area contributed by atoms with Crippen LogP contribution in [0.25, 0.3) is 6.08 Å². The fourth-order valence-electron chi connectivity index (χ4n) is 4.49. The van der Waals surface area contributed by atoms with E-state index >= 15 is 0 Å². The Kier molecular flexibility index (Phi) is 8.91. The Morgan fingerprint density at radius 2 is 1.87 bits per heavy atom. The number of rotatable bonds is 10. The number of methoxy groups -OCH3 is 2. The first kappa shape index (κ1) is 28.2. The number of carbonyl (C=O) groups is 1. The van der Waals surface area contributed by atoms with Gasteiger partial charge in [0.25, 0.3) is 5.56 Å². The molecule has 0 fully saturated rings. The third kappa shape index (κ3) is 5.78. The van der Waals surface area contributed by atoms with Gasteiger partial charge in [0.05, 0.1) is 49.3 Å². The molecular weight excluding hydrogens is 516 g/mol. The molecule has 206 valence electrons. The van der Waals surface area contributed by atoms with Crippen LogP contribution in [0.3, 0.4) is 0 Å². The highest BCUT2D eigenvalue weighted by Crippen LogP contribution is 2.36. The smallest absolute Gasteiger partial charge is 0.338 e. The first-order chi connectivity index (χ1) is 18.8. The molecule has 0 amide bonds. The molecule has 3 aromatic rings. The zero-order chi connectivity index (χ0) is 28.1. The van der Waals surface area contributed by atoms with E-state index in [4.69, 9.17) is 18.9 Å². The molecular formula is C30H34N2O6S. The van der Waals surface area contributed by atoms with Crippen LogP contribution in [0.2, 0.25) is 0 Å². The van der Waals surface area contributed by atoms with Crippen LogP contribution in [0.1, 0.15) is 56.3 Å². The first-order valence-electron chi connectivity index (χ1n) is 13.0. The third-order valence-corrected chi connectivity index (χ3v) is 7.52. The van der Waals surface area contributed by atoms with Crippen LogP contribution in [-0.2, 0) is 9.53 Å². The van der Waals surface area contributed by atoms with E-state index in [2.05, 4.69) is 11.9 Å². The fourth-order valence-corrected chi connectivity index (χ4v) is 5.52. The second-order valence-corrected chi connectivity index (χ2v) is 10.1. The largest absolute Gasteiger partial charge is 0.497 e. The van der Waals surface area contributed by atoms with Crippen LogP contribution in [0.4, 0.5) is 0 Å². The lowest BCUT2D eigenvalue weighted by Crippen LogP contribution is -2.40. The van der Waals surface area contributed by atoms with Gasteiger partial charge in [-0.25, -0.2) is 9.79 Å². The van der Waals surface area contributed by atoms with Gasteiger partial charge in [-0.15, -0.1) is 0 Å². The van der Waals surface area contributed by atoms with Crippen LogP contribution in [0.5, 0.6) is 17.2 Å². The van der Waals surface area contributed by atoms with Gasteiger partial charge in [-0.2, -0.15) is 0 Å². The topological polar surface area (TPSA) is 88.4 Å². The van der Waals surface area contributed by atoms with Crippen molar-refractivity contribution in [2.45, 2.75) is 46.6 Å². The highest BCUT2D eigenvalue weighted by Gasteiger charge is 2.34.